The minimum absolute atomic E-state index is 0.0770. The molecule has 7 heteroatoms. The van der Waals surface area contributed by atoms with Gasteiger partial charge < -0.3 is 14.8 Å². The van der Waals surface area contributed by atoms with Crippen LogP contribution in [0.1, 0.15) is 81.2 Å². The van der Waals surface area contributed by atoms with E-state index >= 15 is 0 Å². The van der Waals surface area contributed by atoms with Gasteiger partial charge >= 0.3 is 0 Å². The van der Waals surface area contributed by atoms with Gasteiger partial charge in [-0.2, -0.15) is 0 Å². The molecular formula is C28H38N4O3. The molecule has 1 atom stereocenters. The Morgan fingerprint density at radius 2 is 1.80 bits per heavy atom. The van der Waals surface area contributed by atoms with Crippen molar-refractivity contribution in [3.63, 3.8) is 0 Å². The highest BCUT2D eigenvalue weighted by atomic mass is 16.5. The van der Waals surface area contributed by atoms with Crippen LogP contribution in [0.2, 0.25) is 0 Å². The fourth-order valence-corrected chi connectivity index (χ4v) is 3.96. The topological polar surface area (TPSA) is 78.3 Å². The first-order valence-electron chi connectivity index (χ1n) is 12.3. The molecule has 0 bridgehead atoms. The fourth-order valence-electron chi connectivity index (χ4n) is 3.96. The number of hydrogen-bond acceptors (Lipinski definition) is 5. The van der Waals surface area contributed by atoms with Crippen molar-refractivity contribution >= 4 is 11.6 Å². The quantitative estimate of drug-likeness (QED) is 0.385. The number of amides is 1. The van der Waals surface area contributed by atoms with E-state index in [9.17, 15) is 4.79 Å². The molecule has 0 aliphatic rings. The van der Waals surface area contributed by atoms with Crippen LogP contribution in [0.25, 0.3) is 5.69 Å². The fraction of sp³-hybridized carbons (Fsp3) is 0.464. The minimum atomic E-state index is -0.334. The van der Waals surface area contributed by atoms with Crippen LogP contribution in [0.15, 0.2) is 36.4 Å². The second-order valence-corrected chi connectivity index (χ2v) is 9.96. The molecule has 1 unspecified atom stereocenters. The third kappa shape index (κ3) is 6.02. The summed E-state index contributed by atoms with van der Waals surface area (Å²) in [6, 6.07) is 11.8. The number of nitrogens with one attached hydrogen (secondary N) is 1. The number of rotatable bonds is 9. The number of carbonyl (C=O) groups is 1. The van der Waals surface area contributed by atoms with Gasteiger partial charge in [0.15, 0.2) is 5.69 Å². The molecule has 0 aliphatic heterocycles. The zero-order chi connectivity index (χ0) is 25.8. The molecule has 0 aliphatic carbocycles. The maximum Gasteiger partial charge on any atom is 0.278 e. The van der Waals surface area contributed by atoms with Gasteiger partial charge in [-0.05, 0) is 67.5 Å². The van der Waals surface area contributed by atoms with Crippen molar-refractivity contribution < 1.29 is 14.3 Å². The Hall–Kier alpha value is -3.35. The van der Waals surface area contributed by atoms with E-state index in [-0.39, 0.29) is 23.1 Å². The van der Waals surface area contributed by atoms with E-state index in [4.69, 9.17) is 9.47 Å². The average Bonchev–Trinajstić information content (AvgIpc) is 3.20. The van der Waals surface area contributed by atoms with Gasteiger partial charge in [0, 0.05) is 0 Å². The molecule has 0 saturated heterocycles. The first-order chi connectivity index (χ1) is 16.6. The maximum atomic E-state index is 13.4. The van der Waals surface area contributed by atoms with Gasteiger partial charge in [0.25, 0.3) is 5.91 Å². The van der Waals surface area contributed by atoms with Crippen LogP contribution < -0.4 is 14.8 Å². The Kier molecular flexibility index (Phi) is 8.20. The lowest BCUT2D eigenvalue weighted by molar-refractivity contribution is 0.102. The SMILES string of the molecule is CCCC(CC)Oc1ccc(C(C)(C)C)cc1NC(=O)c1nnn(-c2cc(C)ccc2OC)c1C. The van der Waals surface area contributed by atoms with Crippen LogP contribution in [-0.4, -0.2) is 34.1 Å². The lowest BCUT2D eigenvalue weighted by Crippen LogP contribution is -2.20. The summed E-state index contributed by atoms with van der Waals surface area (Å²) in [6.07, 6.45) is 2.97. The number of aryl methyl sites for hydroxylation is 1. The third-order valence-electron chi connectivity index (χ3n) is 6.13. The smallest absolute Gasteiger partial charge is 0.278 e. The van der Waals surface area contributed by atoms with E-state index in [0.717, 1.165) is 36.1 Å². The van der Waals surface area contributed by atoms with Crippen LogP contribution in [0.5, 0.6) is 11.5 Å². The summed E-state index contributed by atoms with van der Waals surface area (Å²) in [5.41, 5.74) is 4.33. The predicted molar refractivity (Wildman–Crippen MR) is 140 cm³/mol. The van der Waals surface area contributed by atoms with Gasteiger partial charge in [-0.1, -0.05) is 58.4 Å². The summed E-state index contributed by atoms with van der Waals surface area (Å²) < 4.78 is 13.4. The Morgan fingerprint density at radius 1 is 1.09 bits per heavy atom. The second-order valence-electron chi connectivity index (χ2n) is 9.96. The van der Waals surface area contributed by atoms with E-state index in [2.05, 4.69) is 56.3 Å². The van der Waals surface area contributed by atoms with Crippen molar-refractivity contribution in [2.24, 2.45) is 0 Å². The summed E-state index contributed by atoms with van der Waals surface area (Å²) in [6.45, 7) is 14.5. The zero-order valence-corrected chi connectivity index (χ0v) is 22.2. The summed E-state index contributed by atoms with van der Waals surface area (Å²) in [4.78, 5) is 13.4. The molecule has 0 spiro atoms. The van der Waals surface area contributed by atoms with Crippen molar-refractivity contribution in [3.05, 3.63) is 58.9 Å². The van der Waals surface area contributed by atoms with E-state index in [1.54, 1.807) is 11.8 Å². The van der Waals surface area contributed by atoms with Crippen LogP contribution in [0.4, 0.5) is 5.69 Å². The molecule has 1 heterocycles. The Balaban J connectivity index is 1.97. The molecular weight excluding hydrogens is 440 g/mol. The number of anilines is 1. The van der Waals surface area contributed by atoms with Crippen molar-refractivity contribution in [1.82, 2.24) is 15.0 Å². The highest BCUT2D eigenvalue weighted by molar-refractivity contribution is 6.04. The third-order valence-corrected chi connectivity index (χ3v) is 6.13. The Labute approximate surface area is 208 Å². The number of aromatic nitrogens is 3. The lowest BCUT2D eigenvalue weighted by Gasteiger charge is -2.24. The molecule has 0 radical (unpaired) electrons. The average molecular weight is 479 g/mol. The molecule has 2 aromatic carbocycles. The van der Waals surface area contributed by atoms with Crippen molar-refractivity contribution in [3.8, 4) is 17.2 Å². The Bertz CT molecular complexity index is 1180. The van der Waals surface area contributed by atoms with Crippen molar-refractivity contribution in [1.29, 1.82) is 0 Å². The summed E-state index contributed by atoms with van der Waals surface area (Å²) in [7, 11) is 1.61. The molecule has 1 N–H and O–H groups in total. The number of nitrogens with zero attached hydrogens (tertiary/aromatic N) is 3. The molecule has 188 valence electrons. The number of hydrogen-bond donors (Lipinski definition) is 1. The van der Waals surface area contributed by atoms with Crippen molar-refractivity contribution in [2.75, 3.05) is 12.4 Å². The van der Waals surface area contributed by atoms with Crippen molar-refractivity contribution in [2.45, 2.75) is 79.2 Å². The number of benzene rings is 2. The highest BCUT2D eigenvalue weighted by Gasteiger charge is 2.23. The second kappa shape index (κ2) is 10.9. The predicted octanol–water partition coefficient (Wildman–Crippen LogP) is 6.40. The number of ether oxygens (including phenoxy) is 2. The van der Waals surface area contributed by atoms with Gasteiger partial charge in [-0.3, -0.25) is 4.79 Å². The molecule has 1 aromatic heterocycles. The normalized spacial score (nSPS) is 12.3. The van der Waals surface area contributed by atoms with Crippen LogP contribution in [-0.2, 0) is 5.41 Å². The van der Waals surface area contributed by atoms with Gasteiger partial charge in [-0.25, -0.2) is 4.68 Å². The molecule has 7 nitrogen and oxygen atoms in total. The first-order valence-corrected chi connectivity index (χ1v) is 12.3. The summed E-state index contributed by atoms with van der Waals surface area (Å²) >= 11 is 0. The monoisotopic (exact) mass is 478 g/mol. The Morgan fingerprint density at radius 3 is 2.43 bits per heavy atom. The molecule has 0 fully saturated rings. The maximum absolute atomic E-state index is 13.4. The van der Waals surface area contributed by atoms with E-state index in [1.165, 1.54) is 0 Å². The van der Waals surface area contributed by atoms with E-state index in [1.807, 2.05) is 44.2 Å². The number of carbonyl (C=O) groups excluding carboxylic acids is 1. The molecule has 3 aromatic rings. The van der Waals surface area contributed by atoms with Gasteiger partial charge in [0.05, 0.1) is 24.6 Å². The van der Waals surface area contributed by atoms with E-state index in [0.29, 0.717) is 22.9 Å². The molecule has 3 rings (SSSR count). The number of methoxy groups -OCH3 is 1. The zero-order valence-electron chi connectivity index (χ0n) is 22.2. The van der Waals surface area contributed by atoms with Crippen LogP contribution >= 0.6 is 0 Å². The highest BCUT2D eigenvalue weighted by Crippen LogP contribution is 2.33. The van der Waals surface area contributed by atoms with Gasteiger partial charge in [0.1, 0.15) is 17.2 Å². The summed E-state index contributed by atoms with van der Waals surface area (Å²) in [5.74, 6) is 0.988. The molecule has 1 amide bonds. The standard InChI is InChI=1S/C28H38N4O3/c1-9-11-21(10-2)35-24-15-13-20(28(5,6)7)17-22(24)29-27(33)26-19(4)32(31-30-26)23-16-18(3)12-14-25(23)34-8/h12-17,21H,9-11H2,1-8H3,(H,29,33). The lowest BCUT2D eigenvalue weighted by atomic mass is 9.87. The van der Waals surface area contributed by atoms with Crippen LogP contribution in [0, 0.1) is 13.8 Å². The van der Waals surface area contributed by atoms with Crippen LogP contribution in [0.3, 0.4) is 0 Å². The largest absolute Gasteiger partial charge is 0.494 e. The van der Waals surface area contributed by atoms with Gasteiger partial charge in [-0.15, -0.1) is 5.10 Å². The first kappa shape index (κ1) is 26.3. The summed E-state index contributed by atoms with van der Waals surface area (Å²) in [5, 5.41) is 11.5. The molecule has 35 heavy (non-hydrogen) atoms. The van der Waals surface area contributed by atoms with Gasteiger partial charge in [0.2, 0.25) is 0 Å². The van der Waals surface area contributed by atoms with E-state index < -0.39 is 0 Å². The minimum Gasteiger partial charge on any atom is -0.494 e. The molecule has 0 saturated carbocycles.